The predicted molar refractivity (Wildman–Crippen MR) is 118 cm³/mol. The van der Waals surface area contributed by atoms with E-state index in [1.54, 1.807) is 24.3 Å². The Morgan fingerprint density at radius 1 is 1.10 bits per heavy atom. The Kier molecular flexibility index (Phi) is 5.87. The van der Waals surface area contributed by atoms with E-state index >= 15 is 0 Å². The minimum absolute atomic E-state index is 0.0462. The number of carbonyl (C=O) groups is 2. The monoisotopic (exact) mass is 444 g/mol. The summed E-state index contributed by atoms with van der Waals surface area (Å²) < 4.78 is 0. The van der Waals surface area contributed by atoms with Gasteiger partial charge >= 0.3 is 0 Å². The average Bonchev–Trinajstić information content (AvgIpc) is 2.98. The number of aliphatic hydroxyl groups excluding tert-OH is 1. The molecule has 30 heavy (non-hydrogen) atoms. The molecule has 0 aliphatic carbocycles. The van der Waals surface area contributed by atoms with Crippen molar-refractivity contribution in [3.05, 3.63) is 69.3 Å². The van der Waals surface area contributed by atoms with E-state index in [-0.39, 0.29) is 24.0 Å². The van der Waals surface area contributed by atoms with Crippen LogP contribution in [0.2, 0.25) is 10.0 Å². The van der Waals surface area contributed by atoms with Crippen LogP contribution in [0.4, 0.5) is 5.69 Å². The molecular formula is C23H22Cl2N2O3. The fourth-order valence-electron chi connectivity index (χ4n) is 4.17. The summed E-state index contributed by atoms with van der Waals surface area (Å²) in [7, 11) is 0. The van der Waals surface area contributed by atoms with Gasteiger partial charge < -0.3 is 10.0 Å². The zero-order valence-electron chi connectivity index (χ0n) is 16.6. The van der Waals surface area contributed by atoms with Crippen LogP contribution in [-0.2, 0) is 9.59 Å². The molecule has 2 heterocycles. The first kappa shape index (κ1) is 20.9. The third kappa shape index (κ3) is 3.73. The number of piperidine rings is 1. The number of amides is 2. The van der Waals surface area contributed by atoms with Gasteiger partial charge in [-0.1, -0.05) is 41.4 Å². The number of aryl methyl sites for hydroxylation is 1. The predicted octanol–water partition coefficient (Wildman–Crippen LogP) is 4.29. The van der Waals surface area contributed by atoms with Gasteiger partial charge in [-0.3, -0.25) is 9.59 Å². The number of hydrogen-bond acceptors (Lipinski definition) is 4. The summed E-state index contributed by atoms with van der Waals surface area (Å²) in [4.78, 5) is 30.2. The lowest BCUT2D eigenvalue weighted by molar-refractivity contribution is -0.120. The smallest absolute Gasteiger partial charge is 0.282 e. The Morgan fingerprint density at radius 2 is 1.90 bits per heavy atom. The van der Waals surface area contributed by atoms with Gasteiger partial charge in [0.1, 0.15) is 5.70 Å². The van der Waals surface area contributed by atoms with Gasteiger partial charge in [0.25, 0.3) is 11.8 Å². The van der Waals surface area contributed by atoms with E-state index in [0.29, 0.717) is 40.1 Å². The van der Waals surface area contributed by atoms with Gasteiger partial charge in [-0.15, -0.1) is 0 Å². The molecule has 0 spiro atoms. The highest BCUT2D eigenvalue weighted by Gasteiger charge is 2.43. The molecule has 2 aliphatic heterocycles. The highest BCUT2D eigenvalue weighted by Crippen LogP contribution is 2.39. The molecule has 0 saturated carbocycles. The van der Waals surface area contributed by atoms with E-state index in [4.69, 9.17) is 23.2 Å². The van der Waals surface area contributed by atoms with E-state index in [0.717, 1.165) is 18.4 Å². The molecule has 1 atom stereocenters. The average molecular weight is 445 g/mol. The number of benzene rings is 2. The molecule has 1 saturated heterocycles. The lowest BCUT2D eigenvalue weighted by Gasteiger charge is -2.34. The van der Waals surface area contributed by atoms with Crippen molar-refractivity contribution in [2.24, 2.45) is 5.92 Å². The fraction of sp³-hybridized carbons (Fsp3) is 0.304. The molecule has 1 N–H and O–H groups in total. The molecule has 2 aliphatic rings. The second kappa shape index (κ2) is 8.42. The summed E-state index contributed by atoms with van der Waals surface area (Å²) in [5.41, 5.74) is 2.57. The molecule has 2 amide bonds. The second-order valence-electron chi connectivity index (χ2n) is 7.77. The van der Waals surface area contributed by atoms with Crippen molar-refractivity contribution in [2.75, 3.05) is 24.6 Å². The molecule has 2 aromatic rings. The number of carbonyl (C=O) groups excluding carboxylic acids is 2. The van der Waals surface area contributed by atoms with E-state index < -0.39 is 5.91 Å². The van der Waals surface area contributed by atoms with Gasteiger partial charge in [0, 0.05) is 30.3 Å². The van der Waals surface area contributed by atoms with Crippen LogP contribution in [0.1, 0.15) is 24.0 Å². The SMILES string of the molecule is Cc1cccc(N2C(=O)C(c3ccc(Cl)cc3Cl)=C(N3CCCC(CO)C3)C2=O)c1. The van der Waals surface area contributed by atoms with E-state index in [1.807, 2.05) is 30.0 Å². The van der Waals surface area contributed by atoms with Crippen LogP contribution in [0.15, 0.2) is 48.2 Å². The maximum absolute atomic E-state index is 13.6. The number of likely N-dealkylation sites (tertiary alicyclic amines) is 1. The summed E-state index contributed by atoms with van der Waals surface area (Å²) in [6, 6.07) is 12.2. The van der Waals surface area contributed by atoms with Crippen LogP contribution in [0.25, 0.3) is 5.57 Å². The first-order valence-corrected chi connectivity index (χ1v) is 10.7. The normalized spacial score (nSPS) is 19.8. The summed E-state index contributed by atoms with van der Waals surface area (Å²) in [6.07, 6.45) is 1.73. The first-order chi connectivity index (χ1) is 14.4. The third-order valence-electron chi connectivity index (χ3n) is 5.61. The Hall–Kier alpha value is -2.34. The number of halogens is 2. The quantitative estimate of drug-likeness (QED) is 0.714. The van der Waals surface area contributed by atoms with Gasteiger partial charge in [-0.05, 0) is 55.5 Å². The third-order valence-corrected chi connectivity index (χ3v) is 6.16. The van der Waals surface area contributed by atoms with Crippen molar-refractivity contribution in [3.8, 4) is 0 Å². The van der Waals surface area contributed by atoms with Crippen LogP contribution in [0.3, 0.4) is 0 Å². The lowest BCUT2D eigenvalue weighted by Crippen LogP contribution is -2.40. The maximum atomic E-state index is 13.6. The minimum Gasteiger partial charge on any atom is -0.396 e. The number of hydrogen-bond donors (Lipinski definition) is 1. The highest BCUT2D eigenvalue weighted by molar-refractivity contribution is 6.47. The number of nitrogens with zero attached hydrogens (tertiary/aromatic N) is 2. The molecule has 1 fully saturated rings. The molecule has 4 rings (SSSR count). The van der Waals surface area contributed by atoms with E-state index in [2.05, 4.69) is 0 Å². The molecule has 2 aromatic carbocycles. The standard InChI is InChI=1S/C23H22Cl2N2O3/c1-14-4-2-6-17(10-14)27-22(29)20(18-8-7-16(24)11-19(18)25)21(23(27)30)26-9-3-5-15(12-26)13-28/h2,4,6-8,10-11,15,28H,3,5,9,12-13H2,1H3. The maximum Gasteiger partial charge on any atom is 0.282 e. The van der Waals surface area contributed by atoms with Crippen molar-refractivity contribution in [1.82, 2.24) is 4.90 Å². The van der Waals surface area contributed by atoms with Crippen LogP contribution in [-0.4, -0.2) is 41.5 Å². The van der Waals surface area contributed by atoms with Crippen molar-refractivity contribution >= 4 is 46.3 Å². The molecule has 5 nitrogen and oxygen atoms in total. The first-order valence-electron chi connectivity index (χ1n) is 9.91. The molecule has 0 aromatic heterocycles. The zero-order valence-corrected chi connectivity index (χ0v) is 18.1. The topological polar surface area (TPSA) is 60.9 Å². The summed E-state index contributed by atoms with van der Waals surface area (Å²) in [5, 5.41) is 10.4. The van der Waals surface area contributed by atoms with Crippen molar-refractivity contribution in [2.45, 2.75) is 19.8 Å². The summed E-state index contributed by atoms with van der Waals surface area (Å²) in [5.74, 6) is -0.717. The second-order valence-corrected chi connectivity index (χ2v) is 8.61. The van der Waals surface area contributed by atoms with Crippen LogP contribution in [0, 0.1) is 12.8 Å². The van der Waals surface area contributed by atoms with Crippen LogP contribution in [0.5, 0.6) is 0 Å². The minimum atomic E-state index is -0.407. The summed E-state index contributed by atoms with van der Waals surface area (Å²) >= 11 is 12.5. The molecule has 156 valence electrons. The van der Waals surface area contributed by atoms with E-state index in [1.165, 1.54) is 4.90 Å². The summed E-state index contributed by atoms with van der Waals surface area (Å²) in [6.45, 7) is 3.11. The van der Waals surface area contributed by atoms with Gasteiger partial charge in [0.05, 0.1) is 16.3 Å². The number of rotatable bonds is 4. The number of aliphatic hydroxyl groups is 1. The lowest BCUT2D eigenvalue weighted by atomic mass is 9.97. The highest BCUT2D eigenvalue weighted by atomic mass is 35.5. The van der Waals surface area contributed by atoms with Crippen molar-refractivity contribution in [3.63, 3.8) is 0 Å². The molecule has 1 unspecified atom stereocenters. The fourth-order valence-corrected chi connectivity index (χ4v) is 4.67. The van der Waals surface area contributed by atoms with Crippen molar-refractivity contribution in [1.29, 1.82) is 0 Å². The van der Waals surface area contributed by atoms with Gasteiger partial charge in [0.15, 0.2) is 0 Å². The Bertz CT molecular complexity index is 1050. The zero-order chi connectivity index (χ0) is 21.4. The van der Waals surface area contributed by atoms with Crippen LogP contribution >= 0.6 is 23.2 Å². The molecule has 0 radical (unpaired) electrons. The van der Waals surface area contributed by atoms with Gasteiger partial charge in [0.2, 0.25) is 0 Å². The van der Waals surface area contributed by atoms with Gasteiger partial charge in [-0.2, -0.15) is 0 Å². The molecule has 7 heteroatoms. The molecular weight excluding hydrogens is 423 g/mol. The van der Waals surface area contributed by atoms with E-state index in [9.17, 15) is 14.7 Å². The van der Waals surface area contributed by atoms with Crippen LogP contribution < -0.4 is 4.90 Å². The largest absolute Gasteiger partial charge is 0.396 e. The Morgan fingerprint density at radius 3 is 2.60 bits per heavy atom. The van der Waals surface area contributed by atoms with Gasteiger partial charge in [-0.25, -0.2) is 4.90 Å². The van der Waals surface area contributed by atoms with Crippen molar-refractivity contribution < 1.29 is 14.7 Å². The molecule has 0 bridgehead atoms. The number of anilines is 1. The Balaban J connectivity index is 1.85. The Labute approximate surface area is 185 Å². The number of imide groups is 1.